The highest BCUT2D eigenvalue weighted by Crippen LogP contribution is 2.39. The minimum absolute atomic E-state index is 0.519. The second-order valence-electron chi connectivity index (χ2n) is 8.51. The van der Waals surface area contributed by atoms with Crippen molar-refractivity contribution in [2.24, 2.45) is 12.0 Å². The van der Waals surface area contributed by atoms with Crippen molar-refractivity contribution in [2.75, 3.05) is 7.11 Å². The van der Waals surface area contributed by atoms with Crippen molar-refractivity contribution in [3.05, 3.63) is 64.7 Å². The highest BCUT2D eigenvalue weighted by atomic mass is 16.5. The van der Waals surface area contributed by atoms with E-state index in [0.717, 1.165) is 61.3 Å². The largest absolute Gasteiger partial charge is 0.496 e. The van der Waals surface area contributed by atoms with Crippen molar-refractivity contribution in [1.82, 2.24) is 19.3 Å². The first-order valence-electron chi connectivity index (χ1n) is 10.9. The third-order valence-electron chi connectivity index (χ3n) is 6.14. The molecule has 3 heterocycles. The van der Waals surface area contributed by atoms with Crippen LogP contribution in [-0.4, -0.2) is 26.4 Å². The first-order chi connectivity index (χ1) is 16.3. The molecule has 0 fully saturated rings. The molecule has 0 spiro atoms. The topological polar surface area (TPSA) is 94.2 Å². The highest BCUT2D eigenvalue weighted by Gasteiger charge is 2.21. The average Bonchev–Trinajstić information content (AvgIpc) is 3.28. The Labute approximate surface area is 196 Å². The molecule has 0 saturated heterocycles. The Morgan fingerprint density at radius 1 is 1.06 bits per heavy atom. The molecule has 34 heavy (non-hydrogen) atoms. The number of hydrogen-bond donors (Lipinski definition) is 0. The molecule has 0 amide bonds. The van der Waals surface area contributed by atoms with Gasteiger partial charge in [0.2, 0.25) is 11.8 Å². The minimum atomic E-state index is 0.519. The van der Waals surface area contributed by atoms with Crippen LogP contribution in [0.15, 0.2) is 46.0 Å². The molecule has 0 radical (unpaired) electrons. The zero-order valence-electron chi connectivity index (χ0n) is 20.0. The SMILES string of the molecule is COc1cc2c(cc1-c1c(C)noc1C)ncc1c2n(-c2cc(C)cc(C)c2)c(=NC#N)n1C. The maximum absolute atomic E-state index is 9.45. The minimum Gasteiger partial charge on any atom is -0.496 e. The van der Waals surface area contributed by atoms with E-state index >= 15 is 0 Å². The normalized spacial score (nSPS) is 12.0. The fourth-order valence-corrected chi connectivity index (χ4v) is 4.76. The number of aromatic nitrogens is 4. The van der Waals surface area contributed by atoms with Gasteiger partial charge in [-0.3, -0.25) is 9.55 Å². The van der Waals surface area contributed by atoms with Crippen molar-refractivity contribution in [3.8, 4) is 28.8 Å². The highest BCUT2D eigenvalue weighted by molar-refractivity contribution is 6.05. The number of ether oxygens (including phenoxy) is 1. The number of aryl methyl sites for hydroxylation is 5. The van der Waals surface area contributed by atoms with Gasteiger partial charge in [-0.05, 0) is 63.1 Å². The van der Waals surface area contributed by atoms with E-state index < -0.39 is 0 Å². The monoisotopic (exact) mass is 452 g/mol. The van der Waals surface area contributed by atoms with Gasteiger partial charge in [0.25, 0.3) is 0 Å². The summed E-state index contributed by atoms with van der Waals surface area (Å²) in [7, 11) is 3.54. The van der Waals surface area contributed by atoms with Gasteiger partial charge < -0.3 is 13.8 Å². The van der Waals surface area contributed by atoms with Gasteiger partial charge in [-0.2, -0.15) is 5.26 Å². The molecule has 170 valence electrons. The van der Waals surface area contributed by atoms with E-state index in [2.05, 4.69) is 42.2 Å². The van der Waals surface area contributed by atoms with Crippen LogP contribution in [0.1, 0.15) is 22.6 Å². The number of methoxy groups -OCH3 is 1. The molecule has 0 aliphatic carbocycles. The smallest absolute Gasteiger partial charge is 0.226 e. The lowest BCUT2D eigenvalue weighted by Crippen LogP contribution is -2.23. The molecule has 5 aromatic rings. The zero-order valence-corrected chi connectivity index (χ0v) is 20.0. The molecule has 5 rings (SSSR count). The average molecular weight is 453 g/mol. The van der Waals surface area contributed by atoms with Crippen molar-refractivity contribution >= 4 is 21.9 Å². The van der Waals surface area contributed by atoms with Crippen LogP contribution in [0, 0.1) is 39.1 Å². The summed E-state index contributed by atoms with van der Waals surface area (Å²) in [6.07, 6.45) is 3.77. The Balaban J connectivity index is 1.96. The molecule has 0 atom stereocenters. The van der Waals surface area contributed by atoms with E-state index in [9.17, 15) is 5.26 Å². The lowest BCUT2D eigenvalue weighted by atomic mass is 10.0. The third-order valence-corrected chi connectivity index (χ3v) is 6.14. The summed E-state index contributed by atoms with van der Waals surface area (Å²) in [6, 6.07) is 10.3. The summed E-state index contributed by atoms with van der Waals surface area (Å²) < 4.78 is 15.1. The lowest BCUT2D eigenvalue weighted by molar-refractivity contribution is 0.393. The van der Waals surface area contributed by atoms with Gasteiger partial charge in [0.1, 0.15) is 11.5 Å². The zero-order chi connectivity index (χ0) is 24.1. The number of imidazole rings is 1. The van der Waals surface area contributed by atoms with Crippen LogP contribution in [0.25, 0.3) is 38.8 Å². The Morgan fingerprint density at radius 3 is 2.41 bits per heavy atom. The van der Waals surface area contributed by atoms with Crippen LogP contribution in [0.5, 0.6) is 5.75 Å². The quantitative estimate of drug-likeness (QED) is 0.367. The lowest BCUT2D eigenvalue weighted by Gasteiger charge is -2.13. The van der Waals surface area contributed by atoms with Crippen molar-refractivity contribution in [3.63, 3.8) is 0 Å². The van der Waals surface area contributed by atoms with E-state index in [4.69, 9.17) is 14.2 Å². The predicted octanol–water partition coefficient (Wildman–Crippen LogP) is 4.80. The predicted molar refractivity (Wildman–Crippen MR) is 130 cm³/mol. The summed E-state index contributed by atoms with van der Waals surface area (Å²) in [5, 5.41) is 14.4. The number of benzene rings is 2. The van der Waals surface area contributed by atoms with Gasteiger partial charge in [-0.1, -0.05) is 11.2 Å². The van der Waals surface area contributed by atoms with Gasteiger partial charge in [-0.15, -0.1) is 4.99 Å². The van der Waals surface area contributed by atoms with Gasteiger partial charge in [-0.25, -0.2) is 0 Å². The number of nitriles is 1. The molecule has 0 bridgehead atoms. The van der Waals surface area contributed by atoms with E-state index in [1.807, 2.05) is 54.6 Å². The Bertz CT molecular complexity index is 1670. The van der Waals surface area contributed by atoms with Gasteiger partial charge in [0.05, 0.1) is 41.1 Å². The molecular weight excluding hydrogens is 428 g/mol. The van der Waals surface area contributed by atoms with E-state index in [0.29, 0.717) is 11.4 Å². The Kier molecular flexibility index (Phi) is 4.98. The molecule has 0 N–H and O–H groups in total. The summed E-state index contributed by atoms with van der Waals surface area (Å²) in [4.78, 5) is 8.92. The Hall–Kier alpha value is -4.38. The van der Waals surface area contributed by atoms with Gasteiger partial charge >= 0.3 is 0 Å². The second-order valence-corrected chi connectivity index (χ2v) is 8.51. The van der Waals surface area contributed by atoms with E-state index in [1.165, 1.54) is 0 Å². The molecule has 0 unspecified atom stereocenters. The van der Waals surface area contributed by atoms with Crippen LogP contribution >= 0.6 is 0 Å². The molecule has 0 aliphatic heterocycles. The van der Waals surface area contributed by atoms with Crippen LogP contribution < -0.4 is 10.4 Å². The van der Waals surface area contributed by atoms with Crippen LogP contribution in [0.2, 0.25) is 0 Å². The fraction of sp³-hybridized carbons (Fsp3) is 0.231. The molecule has 0 saturated carbocycles. The van der Waals surface area contributed by atoms with Crippen LogP contribution in [0.3, 0.4) is 0 Å². The maximum Gasteiger partial charge on any atom is 0.226 e. The summed E-state index contributed by atoms with van der Waals surface area (Å²) in [6.45, 7) is 7.91. The van der Waals surface area contributed by atoms with Crippen molar-refractivity contribution in [1.29, 1.82) is 5.26 Å². The molecule has 2 aromatic carbocycles. The first-order valence-corrected chi connectivity index (χ1v) is 10.9. The standard InChI is InChI=1S/C26H24N6O2/c1-14-7-15(2)9-18(8-14)32-25-19-11-23(33-6)20(24-16(3)30-34-17(24)4)10-21(19)28-12-22(25)31(5)26(32)29-13-27/h7-12H,1-6H3. The molecular formula is C26H24N6O2. The van der Waals surface area contributed by atoms with Gasteiger partial charge in [0.15, 0.2) is 0 Å². The first kappa shape index (κ1) is 21.5. The fourth-order valence-electron chi connectivity index (χ4n) is 4.76. The number of rotatable bonds is 3. The Morgan fingerprint density at radius 2 is 1.79 bits per heavy atom. The maximum atomic E-state index is 9.45. The second kappa shape index (κ2) is 7.89. The summed E-state index contributed by atoms with van der Waals surface area (Å²) >= 11 is 0. The molecule has 0 aliphatic rings. The van der Waals surface area contributed by atoms with Crippen LogP contribution in [0.4, 0.5) is 0 Å². The van der Waals surface area contributed by atoms with E-state index in [-0.39, 0.29) is 0 Å². The summed E-state index contributed by atoms with van der Waals surface area (Å²) in [5.41, 5.74) is 8.79. The number of nitrogens with zero attached hydrogens (tertiary/aromatic N) is 6. The third kappa shape index (κ3) is 3.17. The number of hydrogen-bond acceptors (Lipinski definition) is 6. The molecule has 8 heteroatoms. The van der Waals surface area contributed by atoms with E-state index in [1.54, 1.807) is 7.11 Å². The van der Waals surface area contributed by atoms with Crippen LogP contribution in [-0.2, 0) is 7.05 Å². The van der Waals surface area contributed by atoms with Crippen molar-refractivity contribution < 1.29 is 9.26 Å². The number of fused-ring (bicyclic) bond motifs is 3. The molecule has 3 aromatic heterocycles. The van der Waals surface area contributed by atoms with Gasteiger partial charge in [0, 0.05) is 23.7 Å². The number of pyridine rings is 1. The molecule has 8 nitrogen and oxygen atoms in total. The summed E-state index contributed by atoms with van der Waals surface area (Å²) in [5.74, 6) is 1.40. The van der Waals surface area contributed by atoms with Crippen molar-refractivity contribution in [2.45, 2.75) is 27.7 Å².